The molecule has 0 aliphatic rings. The van der Waals surface area contributed by atoms with Gasteiger partial charge in [-0.15, -0.1) is 0 Å². The highest BCUT2D eigenvalue weighted by molar-refractivity contribution is 14.1. The first-order chi connectivity index (χ1) is 5.15. The van der Waals surface area contributed by atoms with E-state index in [1.807, 2.05) is 4.68 Å². The molecule has 0 unspecified atom stereocenters. The molecule has 0 saturated carbocycles. The summed E-state index contributed by atoms with van der Waals surface area (Å²) in [7, 11) is 0. The first-order valence-electron chi connectivity index (χ1n) is 3.68. The van der Waals surface area contributed by atoms with Gasteiger partial charge in [0.25, 0.3) is 0 Å². The SMILES string of the molecule is [CH2]Cc1cn(C(C)C)nc1I. The molecule has 0 saturated heterocycles. The molecule has 0 amide bonds. The molecule has 1 heterocycles. The second-order valence-corrected chi connectivity index (χ2v) is 3.79. The molecule has 1 aromatic heterocycles. The molecule has 0 bridgehead atoms. The van der Waals surface area contributed by atoms with Crippen molar-refractivity contribution in [1.29, 1.82) is 0 Å². The average Bonchev–Trinajstić information content (AvgIpc) is 2.31. The van der Waals surface area contributed by atoms with Gasteiger partial charge in [-0.25, -0.2) is 0 Å². The van der Waals surface area contributed by atoms with Crippen LogP contribution in [-0.4, -0.2) is 9.78 Å². The van der Waals surface area contributed by atoms with Gasteiger partial charge in [0, 0.05) is 17.8 Å². The lowest BCUT2D eigenvalue weighted by atomic mass is 10.3. The summed E-state index contributed by atoms with van der Waals surface area (Å²) in [6.45, 7) is 8.07. The van der Waals surface area contributed by atoms with Gasteiger partial charge in [-0.2, -0.15) is 5.10 Å². The van der Waals surface area contributed by atoms with Crippen LogP contribution in [0.4, 0.5) is 0 Å². The van der Waals surface area contributed by atoms with E-state index in [0.717, 1.165) is 10.1 Å². The Hall–Kier alpha value is -0.0600. The van der Waals surface area contributed by atoms with E-state index in [4.69, 9.17) is 0 Å². The van der Waals surface area contributed by atoms with E-state index in [2.05, 4.69) is 54.7 Å². The van der Waals surface area contributed by atoms with Crippen molar-refractivity contribution in [2.45, 2.75) is 26.3 Å². The normalized spacial score (nSPS) is 11.0. The van der Waals surface area contributed by atoms with E-state index in [1.54, 1.807) is 0 Å². The van der Waals surface area contributed by atoms with E-state index >= 15 is 0 Å². The second kappa shape index (κ2) is 3.56. The summed E-state index contributed by atoms with van der Waals surface area (Å²) >= 11 is 2.24. The monoisotopic (exact) mass is 263 g/mol. The molecule has 11 heavy (non-hydrogen) atoms. The van der Waals surface area contributed by atoms with E-state index in [-0.39, 0.29) is 0 Å². The molecule has 3 heteroatoms. The van der Waals surface area contributed by atoms with Crippen LogP contribution in [0.25, 0.3) is 0 Å². The van der Waals surface area contributed by atoms with Crippen molar-refractivity contribution >= 4 is 22.6 Å². The van der Waals surface area contributed by atoms with Gasteiger partial charge in [-0.05, 0) is 49.8 Å². The van der Waals surface area contributed by atoms with Crippen LogP contribution in [0, 0.1) is 10.6 Å². The fourth-order valence-corrected chi connectivity index (χ4v) is 1.50. The van der Waals surface area contributed by atoms with Crippen LogP contribution >= 0.6 is 22.6 Å². The van der Waals surface area contributed by atoms with Gasteiger partial charge in [0.2, 0.25) is 0 Å². The van der Waals surface area contributed by atoms with E-state index < -0.39 is 0 Å². The molecule has 2 nitrogen and oxygen atoms in total. The van der Waals surface area contributed by atoms with E-state index in [1.165, 1.54) is 5.56 Å². The van der Waals surface area contributed by atoms with Crippen LogP contribution in [0.5, 0.6) is 0 Å². The fourth-order valence-electron chi connectivity index (χ4n) is 0.840. The molecule has 0 N–H and O–H groups in total. The third kappa shape index (κ3) is 1.95. The van der Waals surface area contributed by atoms with E-state index in [9.17, 15) is 0 Å². The van der Waals surface area contributed by atoms with Gasteiger partial charge in [-0.1, -0.05) is 0 Å². The molecule has 0 atom stereocenters. The van der Waals surface area contributed by atoms with Crippen molar-refractivity contribution in [3.8, 4) is 0 Å². The Morgan fingerprint density at radius 3 is 2.64 bits per heavy atom. The standard InChI is InChI=1S/C8H12IN2/c1-4-7-5-11(6(2)3)10-8(7)9/h5-6H,1,4H2,2-3H3. The zero-order valence-corrected chi connectivity index (χ0v) is 9.00. The van der Waals surface area contributed by atoms with Crippen LogP contribution in [0.3, 0.4) is 0 Å². The Bertz CT molecular complexity index is 240. The van der Waals surface area contributed by atoms with Crippen LogP contribution in [-0.2, 0) is 6.42 Å². The van der Waals surface area contributed by atoms with E-state index in [0.29, 0.717) is 6.04 Å². The summed E-state index contributed by atoms with van der Waals surface area (Å²) in [5, 5.41) is 4.34. The number of hydrogen-bond acceptors (Lipinski definition) is 1. The van der Waals surface area contributed by atoms with Crippen LogP contribution < -0.4 is 0 Å². The number of rotatable bonds is 2. The van der Waals surface area contributed by atoms with Crippen molar-refractivity contribution in [2.75, 3.05) is 0 Å². The van der Waals surface area contributed by atoms with Crippen molar-refractivity contribution in [1.82, 2.24) is 9.78 Å². The minimum atomic E-state index is 0.448. The third-order valence-electron chi connectivity index (χ3n) is 1.55. The highest BCUT2D eigenvalue weighted by Gasteiger charge is 2.05. The lowest BCUT2D eigenvalue weighted by molar-refractivity contribution is 0.529. The number of nitrogens with zero attached hydrogens (tertiary/aromatic N) is 2. The molecule has 0 aliphatic heterocycles. The maximum atomic E-state index is 4.34. The molecule has 0 spiro atoms. The Balaban J connectivity index is 2.95. The molecule has 1 rings (SSSR count). The first-order valence-corrected chi connectivity index (χ1v) is 4.75. The molecule has 1 aromatic rings. The van der Waals surface area contributed by atoms with Gasteiger partial charge in [0.1, 0.15) is 3.70 Å². The topological polar surface area (TPSA) is 17.8 Å². The molecule has 0 fully saturated rings. The van der Waals surface area contributed by atoms with Crippen LogP contribution in [0.2, 0.25) is 0 Å². The first kappa shape index (κ1) is 9.03. The molecule has 1 radical (unpaired) electrons. The molecular weight excluding hydrogens is 251 g/mol. The predicted molar refractivity (Wildman–Crippen MR) is 54.4 cm³/mol. The minimum absolute atomic E-state index is 0.448. The number of aromatic nitrogens is 2. The van der Waals surface area contributed by atoms with Gasteiger partial charge >= 0.3 is 0 Å². The minimum Gasteiger partial charge on any atom is -0.269 e. The summed E-state index contributed by atoms with van der Waals surface area (Å²) in [5.74, 6) is 0. The van der Waals surface area contributed by atoms with Gasteiger partial charge in [0.05, 0.1) is 0 Å². The number of hydrogen-bond donors (Lipinski definition) is 0. The Kier molecular flexibility index (Phi) is 2.92. The zero-order chi connectivity index (χ0) is 8.43. The Morgan fingerprint density at radius 1 is 1.73 bits per heavy atom. The molecule has 0 aromatic carbocycles. The fraction of sp³-hybridized carbons (Fsp3) is 0.500. The maximum Gasteiger partial charge on any atom is 0.126 e. The smallest absolute Gasteiger partial charge is 0.126 e. The maximum absolute atomic E-state index is 4.34. The number of halogens is 1. The molecule has 0 aliphatic carbocycles. The van der Waals surface area contributed by atoms with Crippen molar-refractivity contribution < 1.29 is 0 Å². The summed E-state index contributed by atoms with van der Waals surface area (Å²) in [6.07, 6.45) is 2.89. The molecule has 61 valence electrons. The highest BCUT2D eigenvalue weighted by atomic mass is 127. The van der Waals surface area contributed by atoms with Crippen molar-refractivity contribution in [3.05, 3.63) is 22.4 Å². The summed E-state index contributed by atoms with van der Waals surface area (Å²) in [4.78, 5) is 0. The quantitative estimate of drug-likeness (QED) is 0.749. The van der Waals surface area contributed by atoms with Crippen molar-refractivity contribution in [3.63, 3.8) is 0 Å². The Labute approximate surface area is 81.1 Å². The van der Waals surface area contributed by atoms with Crippen molar-refractivity contribution in [2.24, 2.45) is 0 Å². The second-order valence-electron chi connectivity index (χ2n) is 2.77. The van der Waals surface area contributed by atoms with Gasteiger partial charge in [-0.3, -0.25) is 4.68 Å². The average molecular weight is 263 g/mol. The molecular formula is C8H12IN2. The van der Waals surface area contributed by atoms with Crippen LogP contribution in [0.1, 0.15) is 25.5 Å². The lowest BCUT2D eigenvalue weighted by Gasteiger charge is -2.02. The predicted octanol–water partition coefficient (Wildman–Crippen LogP) is 2.45. The summed E-state index contributed by atoms with van der Waals surface area (Å²) < 4.78 is 3.05. The van der Waals surface area contributed by atoms with Gasteiger partial charge < -0.3 is 0 Å². The summed E-state index contributed by atoms with van der Waals surface area (Å²) in [6, 6.07) is 0.448. The Morgan fingerprint density at radius 2 is 2.36 bits per heavy atom. The van der Waals surface area contributed by atoms with Gasteiger partial charge in [0.15, 0.2) is 0 Å². The highest BCUT2D eigenvalue weighted by Crippen LogP contribution is 2.13. The zero-order valence-electron chi connectivity index (χ0n) is 6.84. The summed E-state index contributed by atoms with van der Waals surface area (Å²) in [5.41, 5.74) is 1.24. The van der Waals surface area contributed by atoms with Crippen LogP contribution in [0.15, 0.2) is 6.20 Å². The third-order valence-corrected chi connectivity index (χ3v) is 2.46. The lowest BCUT2D eigenvalue weighted by Crippen LogP contribution is -2.00. The largest absolute Gasteiger partial charge is 0.269 e.